The maximum atomic E-state index is 12.7. The van der Waals surface area contributed by atoms with E-state index in [2.05, 4.69) is 9.97 Å². The predicted octanol–water partition coefficient (Wildman–Crippen LogP) is 2.07. The van der Waals surface area contributed by atoms with E-state index < -0.39 is 10.0 Å². The number of aromatic nitrogens is 2. The summed E-state index contributed by atoms with van der Waals surface area (Å²) in [6, 6.07) is 4.33. The Bertz CT molecular complexity index is 826. The van der Waals surface area contributed by atoms with Crippen LogP contribution in [0.2, 0.25) is 10.0 Å². The van der Waals surface area contributed by atoms with Gasteiger partial charge in [0.25, 0.3) is 0 Å². The second-order valence-electron chi connectivity index (χ2n) is 4.55. The number of fused-ring (bicyclic) bond motifs is 1. The molecule has 0 spiro atoms. The molecule has 0 radical (unpaired) electrons. The molecule has 1 aliphatic rings. The molecule has 3 rings (SSSR count). The number of anilines is 1. The lowest BCUT2D eigenvalue weighted by atomic mass is 10.3. The van der Waals surface area contributed by atoms with E-state index in [0.29, 0.717) is 10.7 Å². The molecule has 2 heterocycles. The van der Waals surface area contributed by atoms with Crippen molar-refractivity contribution in [2.45, 2.75) is 18.0 Å². The molecule has 1 aromatic carbocycles. The molecule has 110 valence electrons. The van der Waals surface area contributed by atoms with Gasteiger partial charge in [-0.2, -0.15) is 4.31 Å². The Morgan fingerprint density at radius 2 is 2.00 bits per heavy atom. The molecule has 0 atom stereocenters. The van der Waals surface area contributed by atoms with Gasteiger partial charge in [-0.15, -0.1) is 0 Å². The van der Waals surface area contributed by atoms with Crippen molar-refractivity contribution < 1.29 is 8.42 Å². The van der Waals surface area contributed by atoms with Gasteiger partial charge in [-0.25, -0.2) is 18.4 Å². The number of hydrogen-bond donors (Lipinski definition) is 1. The first-order chi connectivity index (χ1) is 9.88. The smallest absolute Gasteiger partial charge is 0.245 e. The van der Waals surface area contributed by atoms with Crippen LogP contribution in [0.15, 0.2) is 29.3 Å². The molecule has 2 N–H and O–H groups in total. The molecular formula is C12H10Cl2N4O2S. The van der Waals surface area contributed by atoms with E-state index in [1.807, 2.05) is 0 Å². The standard InChI is InChI=1S/C12H10Cl2N4O2S/c13-8-1-2-9(14)11(3-8)21(19,20)18-5-7-4-16-12(15)17-10(7)6-18/h1-4H,5-6H2,(H2,15,16,17). The van der Waals surface area contributed by atoms with Gasteiger partial charge in [0.1, 0.15) is 4.90 Å². The Balaban J connectivity index is 2.00. The largest absolute Gasteiger partial charge is 0.368 e. The topological polar surface area (TPSA) is 89.2 Å². The Labute approximate surface area is 131 Å². The van der Waals surface area contributed by atoms with Gasteiger partial charge in [0.15, 0.2) is 0 Å². The van der Waals surface area contributed by atoms with Crippen LogP contribution in [0.3, 0.4) is 0 Å². The molecule has 2 aromatic rings. The van der Waals surface area contributed by atoms with Crippen LogP contribution in [0.1, 0.15) is 11.3 Å². The SMILES string of the molecule is Nc1ncc2c(n1)CN(S(=O)(=O)c1cc(Cl)ccc1Cl)C2. The molecule has 0 bridgehead atoms. The number of nitrogen functional groups attached to an aromatic ring is 1. The first kappa shape index (κ1) is 14.5. The Kier molecular flexibility index (Phi) is 3.53. The Hall–Kier alpha value is -1.41. The van der Waals surface area contributed by atoms with Gasteiger partial charge in [-0.05, 0) is 18.2 Å². The third-order valence-corrected chi connectivity index (χ3v) is 5.67. The minimum absolute atomic E-state index is 0.0228. The van der Waals surface area contributed by atoms with Crippen molar-refractivity contribution in [3.05, 3.63) is 45.7 Å². The predicted molar refractivity (Wildman–Crippen MR) is 79.3 cm³/mol. The summed E-state index contributed by atoms with van der Waals surface area (Å²) in [6.07, 6.45) is 1.53. The minimum Gasteiger partial charge on any atom is -0.368 e. The quantitative estimate of drug-likeness (QED) is 0.900. The summed E-state index contributed by atoms with van der Waals surface area (Å²) >= 11 is 11.8. The average Bonchev–Trinajstić information content (AvgIpc) is 2.85. The Morgan fingerprint density at radius 3 is 2.76 bits per heavy atom. The van der Waals surface area contributed by atoms with E-state index in [0.717, 1.165) is 5.56 Å². The summed E-state index contributed by atoms with van der Waals surface area (Å²) in [5, 5.41) is 0.430. The fourth-order valence-corrected chi connectivity index (χ4v) is 4.24. The number of benzene rings is 1. The van der Waals surface area contributed by atoms with Crippen LogP contribution < -0.4 is 5.73 Å². The van der Waals surface area contributed by atoms with Gasteiger partial charge in [0.2, 0.25) is 16.0 Å². The van der Waals surface area contributed by atoms with Crippen LogP contribution in [0, 0.1) is 0 Å². The highest BCUT2D eigenvalue weighted by molar-refractivity contribution is 7.89. The van der Waals surface area contributed by atoms with Crippen LogP contribution in [-0.4, -0.2) is 22.7 Å². The third kappa shape index (κ3) is 2.57. The van der Waals surface area contributed by atoms with E-state index in [-0.39, 0.29) is 29.0 Å². The number of halogens is 2. The summed E-state index contributed by atoms with van der Waals surface area (Å²) < 4.78 is 26.6. The first-order valence-corrected chi connectivity index (χ1v) is 8.13. The zero-order valence-electron chi connectivity index (χ0n) is 10.6. The lowest BCUT2D eigenvalue weighted by Crippen LogP contribution is -2.26. The Morgan fingerprint density at radius 1 is 1.24 bits per heavy atom. The van der Waals surface area contributed by atoms with Crippen LogP contribution in [0.25, 0.3) is 0 Å². The van der Waals surface area contributed by atoms with Crippen molar-refractivity contribution in [2.24, 2.45) is 0 Å². The van der Waals surface area contributed by atoms with Crippen molar-refractivity contribution in [1.29, 1.82) is 0 Å². The molecule has 0 unspecified atom stereocenters. The molecule has 6 nitrogen and oxygen atoms in total. The third-order valence-electron chi connectivity index (χ3n) is 3.16. The average molecular weight is 345 g/mol. The highest BCUT2D eigenvalue weighted by atomic mass is 35.5. The van der Waals surface area contributed by atoms with Crippen molar-refractivity contribution in [3.8, 4) is 0 Å². The molecule has 21 heavy (non-hydrogen) atoms. The van der Waals surface area contributed by atoms with Gasteiger partial charge in [0.05, 0.1) is 17.3 Å². The van der Waals surface area contributed by atoms with Gasteiger partial charge in [-0.3, -0.25) is 0 Å². The molecule has 0 amide bonds. The second-order valence-corrected chi connectivity index (χ2v) is 7.30. The molecule has 9 heteroatoms. The molecule has 0 aliphatic carbocycles. The summed E-state index contributed by atoms with van der Waals surface area (Å²) in [6.45, 7) is 0.314. The fraction of sp³-hybridized carbons (Fsp3) is 0.167. The lowest BCUT2D eigenvalue weighted by molar-refractivity contribution is 0.430. The molecule has 0 fully saturated rings. The minimum atomic E-state index is -3.76. The van der Waals surface area contributed by atoms with Gasteiger partial charge in [0, 0.05) is 23.3 Å². The van der Waals surface area contributed by atoms with E-state index in [1.165, 1.54) is 28.7 Å². The number of nitrogens with zero attached hydrogens (tertiary/aromatic N) is 3. The fourth-order valence-electron chi connectivity index (χ4n) is 2.12. The van der Waals surface area contributed by atoms with Crippen molar-refractivity contribution in [3.63, 3.8) is 0 Å². The van der Waals surface area contributed by atoms with Gasteiger partial charge < -0.3 is 5.73 Å². The summed E-state index contributed by atoms with van der Waals surface area (Å²) in [5.74, 6) is 0.119. The number of sulfonamides is 1. The number of rotatable bonds is 2. The van der Waals surface area contributed by atoms with Crippen LogP contribution in [0.4, 0.5) is 5.95 Å². The molecule has 1 aliphatic heterocycles. The van der Waals surface area contributed by atoms with E-state index in [4.69, 9.17) is 28.9 Å². The number of hydrogen-bond acceptors (Lipinski definition) is 5. The normalized spacial score (nSPS) is 15.1. The van der Waals surface area contributed by atoms with E-state index in [1.54, 1.807) is 0 Å². The number of nitrogens with two attached hydrogens (primary N) is 1. The van der Waals surface area contributed by atoms with Crippen LogP contribution in [0.5, 0.6) is 0 Å². The molecule has 0 saturated carbocycles. The highest BCUT2D eigenvalue weighted by Crippen LogP contribution is 2.32. The van der Waals surface area contributed by atoms with E-state index in [9.17, 15) is 8.42 Å². The van der Waals surface area contributed by atoms with Crippen LogP contribution in [-0.2, 0) is 23.1 Å². The summed E-state index contributed by atoms with van der Waals surface area (Å²) in [5.41, 5.74) is 6.84. The first-order valence-electron chi connectivity index (χ1n) is 5.93. The second kappa shape index (κ2) is 5.10. The zero-order valence-corrected chi connectivity index (χ0v) is 13.0. The molecular weight excluding hydrogens is 335 g/mol. The monoisotopic (exact) mass is 344 g/mol. The summed E-state index contributed by atoms with van der Waals surface area (Å²) in [7, 11) is -3.76. The molecule has 0 saturated heterocycles. The maximum absolute atomic E-state index is 12.7. The van der Waals surface area contributed by atoms with Gasteiger partial charge >= 0.3 is 0 Å². The van der Waals surface area contributed by atoms with Crippen molar-refractivity contribution in [2.75, 3.05) is 5.73 Å². The van der Waals surface area contributed by atoms with E-state index >= 15 is 0 Å². The van der Waals surface area contributed by atoms with Gasteiger partial charge in [-0.1, -0.05) is 23.2 Å². The molecule has 1 aromatic heterocycles. The maximum Gasteiger partial charge on any atom is 0.245 e. The zero-order chi connectivity index (χ0) is 15.2. The van der Waals surface area contributed by atoms with Crippen LogP contribution >= 0.6 is 23.2 Å². The lowest BCUT2D eigenvalue weighted by Gasteiger charge is -2.16. The summed E-state index contributed by atoms with van der Waals surface area (Å²) in [4.78, 5) is 7.90. The highest BCUT2D eigenvalue weighted by Gasteiger charge is 2.33. The van der Waals surface area contributed by atoms with Crippen molar-refractivity contribution >= 4 is 39.2 Å². The van der Waals surface area contributed by atoms with Crippen molar-refractivity contribution in [1.82, 2.24) is 14.3 Å².